The Hall–Kier alpha value is -1.43. The van der Waals surface area contributed by atoms with Gasteiger partial charge in [0.1, 0.15) is 5.82 Å². The molecule has 0 saturated carbocycles. The molecule has 0 spiro atoms. The van der Waals surface area contributed by atoms with Crippen LogP contribution in [-0.4, -0.2) is 36.6 Å². The second-order valence-corrected chi connectivity index (χ2v) is 5.08. The van der Waals surface area contributed by atoms with Crippen molar-refractivity contribution in [2.75, 3.05) is 36.7 Å². The van der Waals surface area contributed by atoms with Crippen LogP contribution in [0.1, 0.15) is 29.6 Å². The van der Waals surface area contributed by atoms with Crippen molar-refractivity contribution in [3.8, 4) is 0 Å². The molecule has 6 heteroatoms. The normalized spacial score (nSPS) is 10.2. The average Bonchev–Trinajstić information content (AvgIpc) is 2.43. The SMILES string of the molecule is COC(=O)c1ccnc(NCCCCCSC)c1N. The summed E-state index contributed by atoms with van der Waals surface area (Å²) in [6.07, 6.45) is 7.11. The number of carbonyl (C=O) groups is 1. The zero-order valence-electron chi connectivity index (χ0n) is 11.4. The minimum Gasteiger partial charge on any atom is -0.465 e. The van der Waals surface area contributed by atoms with Gasteiger partial charge in [-0.05, 0) is 30.9 Å². The number of pyridine rings is 1. The number of nitrogens with zero attached hydrogens (tertiary/aromatic N) is 1. The van der Waals surface area contributed by atoms with Crippen LogP contribution in [-0.2, 0) is 4.74 Å². The van der Waals surface area contributed by atoms with Gasteiger partial charge in [0.2, 0.25) is 0 Å². The lowest BCUT2D eigenvalue weighted by atomic mass is 10.2. The van der Waals surface area contributed by atoms with E-state index >= 15 is 0 Å². The molecule has 106 valence electrons. The Morgan fingerprint density at radius 1 is 1.47 bits per heavy atom. The minimum absolute atomic E-state index is 0.346. The standard InChI is InChI=1S/C13H21N3O2S/c1-18-13(17)10-6-8-16-12(11(10)14)15-7-4-3-5-9-19-2/h6,8H,3-5,7,9,14H2,1-2H3,(H,15,16). The van der Waals surface area contributed by atoms with Crippen LogP contribution < -0.4 is 11.1 Å². The van der Waals surface area contributed by atoms with Gasteiger partial charge in [0.25, 0.3) is 0 Å². The first-order valence-corrected chi connectivity index (χ1v) is 7.65. The van der Waals surface area contributed by atoms with Gasteiger partial charge in [0.15, 0.2) is 0 Å². The van der Waals surface area contributed by atoms with Crippen molar-refractivity contribution in [2.24, 2.45) is 0 Å². The molecule has 0 unspecified atom stereocenters. The van der Waals surface area contributed by atoms with E-state index < -0.39 is 5.97 Å². The van der Waals surface area contributed by atoms with E-state index in [9.17, 15) is 4.79 Å². The molecule has 1 aromatic heterocycles. The van der Waals surface area contributed by atoms with Gasteiger partial charge in [0, 0.05) is 12.7 Å². The maximum Gasteiger partial charge on any atom is 0.340 e. The molecule has 0 fully saturated rings. The zero-order chi connectivity index (χ0) is 14.1. The van der Waals surface area contributed by atoms with Crippen LogP contribution in [0, 0.1) is 0 Å². The molecule has 0 aliphatic carbocycles. The molecule has 0 aliphatic heterocycles. The predicted octanol–water partition coefficient (Wildman–Crippen LogP) is 2.40. The van der Waals surface area contributed by atoms with Gasteiger partial charge >= 0.3 is 5.97 Å². The summed E-state index contributed by atoms with van der Waals surface area (Å²) < 4.78 is 4.67. The Labute approximate surface area is 118 Å². The first kappa shape index (κ1) is 15.6. The number of unbranched alkanes of at least 4 members (excludes halogenated alkanes) is 2. The average molecular weight is 283 g/mol. The highest BCUT2D eigenvalue weighted by Gasteiger charge is 2.13. The van der Waals surface area contributed by atoms with E-state index in [0.29, 0.717) is 17.1 Å². The molecule has 0 aromatic carbocycles. The Balaban J connectivity index is 2.48. The van der Waals surface area contributed by atoms with Crippen molar-refractivity contribution in [1.29, 1.82) is 0 Å². The molecule has 0 aliphatic rings. The number of aromatic nitrogens is 1. The highest BCUT2D eigenvalue weighted by atomic mass is 32.2. The summed E-state index contributed by atoms with van der Waals surface area (Å²) in [5.41, 5.74) is 6.59. The van der Waals surface area contributed by atoms with Crippen molar-refractivity contribution in [3.63, 3.8) is 0 Å². The van der Waals surface area contributed by atoms with Crippen LogP contribution in [0.3, 0.4) is 0 Å². The van der Waals surface area contributed by atoms with Crippen LogP contribution in [0.15, 0.2) is 12.3 Å². The summed E-state index contributed by atoms with van der Waals surface area (Å²) in [5, 5.41) is 3.16. The molecule has 19 heavy (non-hydrogen) atoms. The number of nitrogen functional groups attached to an aromatic ring is 1. The molecule has 0 atom stereocenters. The molecule has 0 saturated heterocycles. The summed E-state index contributed by atoms with van der Waals surface area (Å²) >= 11 is 1.86. The molecule has 5 nitrogen and oxygen atoms in total. The van der Waals surface area contributed by atoms with Crippen molar-refractivity contribution in [3.05, 3.63) is 17.8 Å². The van der Waals surface area contributed by atoms with Gasteiger partial charge in [0.05, 0.1) is 18.4 Å². The molecular weight excluding hydrogens is 262 g/mol. The Bertz CT molecular complexity index is 413. The molecule has 0 amide bonds. The molecule has 1 heterocycles. The highest BCUT2D eigenvalue weighted by Crippen LogP contribution is 2.20. The van der Waals surface area contributed by atoms with Crippen molar-refractivity contribution in [1.82, 2.24) is 4.98 Å². The van der Waals surface area contributed by atoms with Crippen LogP contribution >= 0.6 is 11.8 Å². The van der Waals surface area contributed by atoms with E-state index in [1.165, 1.54) is 25.7 Å². The highest BCUT2D eigenvalue weighted by molar-refractivity contribution is 7.98. The lowest BCUT2D eigenvalue weighted by Crippen LogP contribution is -2.11. The van der Waals surface area contributed by atoms with Crippen molar-refractivity contribution in [2.45, 2.75) is 19.3 Å². The fourth-order valence-corrected chi connectivity index (χ4v) is 2.15. The third-order valence-electron chi connectivity index (χ3n) is 2.71. The molecule has 0 radical (unpaired) electrons. The van der Waals surface area contributed by atoms with Gasteiger partial charge in [-0.15, -0.1) is 0 Å². The number of nitrogens with two attached hydrogens (primary N) is 1. The summed E-state index contributed by atoms with van der Waals surface area (Å²) in [5.74, 6) is 1.30. The third-order valence-corrected chi connectivity index (χ3v) is 3.41. The summed E-state index contributed by atoms with van der Waals surface area (Å²) in [6, 6.07) is 1.56. The predicted molar refractivity (Wildman–Crippen MR) is 80.7 cm³/mol. The van der Waals surface area contributed by atoms with Crippen LogP contribution in [0.2, 0.25) is 0 Å². The number of anilines is 2. The molecule has 0 bridgehead atoms. The molecule has 1 aromatic rings. The second kappa shape index (κ2) is 8.63. The first-order chi connectivity index (χ1) is 9.20. The fraction of sp³-hybridized carbons (Fsp3) is 0.538. The van der Waals surface area contributed by atoms with E-state index in [4.69, 9.17) is 5.73 Å². The van der Waals surface area contributed by atoms with E-state index in [0.717, 1.165) is 13.0 Å². The second-order valence-electron chi connectivity index (χ2n) is 4.09. The number of hydrogen-bond donors (Lipinski definition) is 2. The van der Waals surface area contributed by atoms with Crippen molar-refractivity contribution < 1.29 is 9.53 Å². The Morgan fingerprint density at radius 3 is 2.95 bits per heavy atom. The topological polar surface area (TPSA) is 77.2 Å². The van der Waals surface area contributed by atoms with Gasteiger partial charge in [-0.25, -0.2) is 9.78 Å². The number of esters is 1. The van der Waals surface area contributed by atoms with E-state index in [1.807, 2.05) is 11.8 Å². The summed E-state index contributed by atoms with van der Waals surface area (Å²) in [4.78, 5) is 15.6. The number of carbonyl (C=O) groups excluding carboxylic acids is 1. The quantitative estimate of drug-likeness (QED) is 0.563. The smallest absolute Gasteiger partial charge is 0.340 e. The third kappa shape index (κ3) is 4.98. The maximum atomic E-state index is 11.5. The molecular formula is C13H21N3O2S. The van der Waals surface area contributed by atoms with Gasteiger partial charge < -0.3 is 15.8 Å². The van der Waals surface area contributed by atoms with Gasteiger partial charge in [-0.2, -0.15) is 11.8 Å². The fourth-order valence-electron chi connectivity index (χ4n) is 1.66. The van der Waals surface area contributed by atoms with Crippen LogP contribution in [0.25, 0.3) is 0 Å². The number of ether oxygens (including phenoxy) is 1. The maximum absolute atomic E-state index is 11.5. The van der Waals surface area contributed by atoms with Crippen LogP contribution in [0.4, 0.5) is 11.5 Å². The number of thioether (sulfide) groups is 1. The Kier molecular flexibility index (Phi) is 7.10. The minimum atomic E-state index is -0.442. The zero-order valence-corrected chi connectivity index (χ0v) is 12.3. The largest absolute Gasteiger partial charge is 0.465 e. The van der Waals surface area contributed by atoms with Crippen LogP contribution in [0.5, 0.6) is 0 Å². The van der Waals surface area contributed by atoms with E-state index in [2.05, 4.69) is 21.3 Å². The van der Waals surface area contributed by atoms with Crippen molar-refractivity contribution >= 4 is 29.2 Å². The number of methoxy groups -OCH3 is 1. The monoisotopic (exact) mass is 283 g/mol. The van der Waals surface area contributed by atoms with E-state index in [-0.39, 0.29) is 0 Å². The lowest BCUT2D eigenvalue weighted by Gasteiger charge is -2.10. The lowest BCUT2D eigenvalue weighted by molar-refractivity contribution is 0.0602. The summed E-state index contributed by atoms with van der Waals surface area (Å²) in [7, 11) is 1.33. The number of nitrogens with one attached hydrogen (secondary N) is 1. The first-order valence-electron chi connectivity index (χ1n) is 6.26. The molecule has 1 rings (SSSR count). The van der Waals surface area contributed by atoms with Gasteiger partial charge in [-0.1, -0.05) is 6.42 Å². The Morgan fingerprint density at radius 2 is 2.26 bits per heavy atom. The van der Waals surface area contributed by atoms with Gasteiger partial charge in [-0.3, -0.25) is 0 Å². The van der Waals surface area contributed by atoms with E-state index in [1.54, 1.807) is 12.3 Å². The molecule has 3 N–H and O–H groups in total. The number of hydrogen-bond acceptors (Lipinski definition) is 6. The summed E-state index contributed by atoms with van der Waals surface area (Å²) in [6.45, 7) is 0.802. The number of rotatable bonds is 8.